The molecule has 4 fully saturated rings. The first-order valence-electron chi connectivity index (χ1n) is 23.3. The maximum Gasteiger partial charge on any atom is 0.0158 e. The molecule has 6 heteroatoms. The van der Waals surface area contributed by atoms with Crippen LogP contribution in [-0.4, -0.2) is 105 Å². The largest absolute Gasteiger partial charge is 0.307 e. The summed E-state index contributed by atoms with van der Waals surface area (Å²) in [7, 11) is 4.61. The zero-order valence-electron chi connectivity index (χ0n) is 41.5. The zero-order valence-corrected chi connectivity index (χ0v) is 41.5. The highest BCUT2D eigenvalue weighted by atomic mass is 15.2. The molecule has 0 saturated carbocycles. The van der Waals surface area contributed by atoms with Crippen LogP contribution in [-0.2, 0) is 0 Å². The Hall–Kier alpha value is -0.240. The van der Waals surface area contributed by atoms with E-state index in [1.165, 1.54) is 103 Å². The van der Waals surface area contributed by atoms with Gasteiger partial charge in [0.15, 0.2) is 0 Å². The van der Waals surface area contributed by atoms with Gasteiger partial charge in [0, 0.05) is 56.4 Å². The first-order chi connectivity index (χ1) is 24.7. The van der Waals surface area contributed by atoms with Crippen molar-refractivity contribution in [1.82, 2.24) is 30.7 Å². The Morgan fingerprint density at radius 3 is 1.14 bits per heavy atom. The van der Waals surface area contributed by atoms with E-state index in [4.69, 9.17) is 0 Å². The van der Waals surface area contributed by atoms with E-state index >= 15 is 0 Å². The molecule has 4 heterocycles. The molecule has 0 aromatic rings. The first-order valence-corrected chi connectivity index (χ1v) is 23.3. The smallest absolute Gasteiger partial charge is 0.0158 e. The molecular formula is C50H106N6. The molecular weight excluding hydrogens is 685 g/mol. The van der Waals surface area contributed by atoms with Gasteiger partial charge in [0.2, 0.25) is 0 Å². The van der Waals surface area contributed by atoms with E-state index in [0.717, 1.165) is 17.9 Å². The van der Waals surface area contributed by atoms with Crippen LogP contribution in [0.1, 0.15) is 222 Å². The van der Waals surface area contributed by atoms with Gasteiger partial charge in [0.1, 0.15) is 0 Å². The van der Waals surface area contributed by atoms with Crippen molar-refractivity contribution in [3.8, 4) is 0 Å². The van der Waals surface area contributed by atoms with Crippen LogP contribution in [0.5, 0.6) is 0 Å². The summed E-state index contributed by atoms with van der Waals surface area (Å²) in [6.45, 7) is 48.4. The predicted octanol–water partition coefficient (Wildman–Crippen LogP) is 11.9. The van der Waals surface area contributed by atoms with Gasteiger partial charge in [0.25, 0.3) is 0 Å². The van der Waals surface area contributed by atoms with Crippen molar-refractivity contribution in [3.63, 3.8) is 0 Å². The van der Waals surface area contributed by atoms with Crippen LogP contribution in [0.2, 0.25) is 0 Å². The minimum atomic E-state index is 0. The molecule has 0 aromatic carbocycles. The Bertz CT molecular complexity index is 1070. The Kier molecular flexibility index (Phi) is 19.7. The van der Waals surface area contributed by atoms with Crippen molar-refractivity contribution in [3.05, 3.63) is 0 Å². The SMILES string of the molecule is C.CC1CC(C)(C)N(C)C(C)(C)C1.CC1CC(C)(C)NC(C)(C)C1.CCCN(CCCCCCN(C)C1CC(C)(C)NC(C)(C)C1)C1CC(C)(C)NC(C)(C)C1. The molecule has 336 valence electrons. The summed E-state index contributed by atoms with van der Waals surface area (Å²) in [6.07, 6.45) is 17.0. The van der Waals surface area contributed by atoms with E-state index in [2.05, 4.69) is 176 Å². The molecule has 4 saturated heterocycles. The molecule has 4 aliphatic heterocycles. The van der Waals surface area contributed by atoms with Gasteiger partial charge in [-0.25, -0.2) is 0 Å². The van der Waals surface area contributed by atoms with Crippen molar-refractivity contribution >= 4 is 0 Å². The van der Waals surface area contributed by atoms with Gasteiger partial charge in [-0.05, 0) is 227 Å². The lowest BCUT2D eigenvalue weighted by Crippen LogP contribution is -2.62. The Morgan fingerprint density at radius 2 is 0.786 bits per heavy atom. The van der Waals surface area contributed by atoms with Crippen LogP contribution in [0.15, 0.2) is 0 Å². The summed E-state index contributed by atoms with van der Waals surface area (Å²) < 4.78 is 0. The molecule has 0 spiro atoms. The van der Waals surface area contributed by atoms with Crippen LogP contribution >= 0.6 is 0 Å². The van der Waals surface area contributed by atoms with E-state index in [0.29, 0.717) is 28.2 Å². The lowest BCUT2D eigenvalue weighted by molar-refractivity contribution is -0.0255. The van der Waals surface area contributed by atoms with E-state index in [-0.39, 0.29) is 29.6 Å². The van der Waals surface area contributed by atoms with E-state index in [1.54, 1.807) is 0 Å². The fourth-order valence-electron chi connectivity index (χ4n) is 12.8. The molecule has 3 N–H and O–H groups in total. The Morgan fingerprint density at radius 1 is 0.464 bits per heavy atom. The molecule has 0 aliphatic carbocycles. The number of nitrogens with zero attached hydrogens (tertiary/aromatic N) is 3. The van der Waals surface area contributed by atoms with Crippen molar-refractivity contribution in [1.29, 1.82) is 0 Å². The quantitative estimate of drug-likeness (QED) is 0.181. The van der Waals surface area contributed by atoms with Gasteiger partial charge in [0.05, 0.1) is 0 Å². The second-order valence-corrected chi connectivity index (χ2v) is 24.9. The number of nitrogens with one attached hydrogen (secondary N) is 3. The van der Waals surface area contributed by atoms with Crippen molar-refractivity contribution in [2.75, 3.05) is 33.7 Å². The van der Waals surface area contributed by atoms with Crippen LogP contribution in [0, 0.1) is 11.8 Å². The molecule has 0 aromatic heterocycles. The fraction of sp³-hybridized carbons (Fsp3) is 1.00. The number of rotatable bonds is 11. The van der Waals surface area contributed by atoms with Crippen molar-refractivity contribution in [2.45, 2.75) is 279 Å². The standard InChI is InChI=1S/C28H58N4.C11H23N.C10H21N.CH4/c1-11-16-32(24-21-27(6,7)30-28(8,9)22-24)18-15-13-12-14-17-31(10)23-19-25(2,3)29-26(4,5)20-23;1-9-7-10(2,3)12(6)11(4,5)8-9;1-8-6-9(2,3)11-10(4,5)7-8;/h23-24,29-30H,11-22H2,1-10H3;9H,7-8H2,1-6H3;8,11H,6-7H2,1-5H3;1H4. The molecule has 6 nitrogen and oxygen atoms in total. The summed E-state index contributed by atoms with van der Waals surface area (Å²) in [5, 5.41) is 11.3. The van der Waals surface area contributed by atoms with Gasteiger partial charge < -0.3 is 25.8 Å². The van der Waals surface area contributed by atoms with Crippen molar-refractivity contribution in [2.24, 2.45) is 11.8 Å². The van der Waals surface area contributed by atoms with Gasteiger partial charge in [-0.1, -0.05) is 41.0 Å². The van der Waals surface area contributed by atoms with Crippen molar-refractivity contribution < 1.29 is 0 Å². The molecule has 56 heavy (non-hydrogen) atoms. The third kappa shape index (κ3) is 18.6. The molecule has 0 atom stereocenters. The highest BCUT2D eigenvalue weighted by Crippen LogP contribution is 2.40. The highest BCUT2D eigenvalue weighted by molar-refractivity contribution is 5.02. The fourth-order valence-corrected chi connectivity index (χ4v) is 12.8. The summed E-state index contributed by atoms with van der Waals surface area (Å²) >= 11 is 0. The number of hydrogen-bond acceptors (Lipinski definition) is 6. The second kappa shape index (κ2) is 20.5. The van der Waals surface area contributed by atoms with Crippen LogP contribution in [0.4, 0.5) is 0 Å². The maximum atomic E-state index is 3.86. The lowest BCUT2D eigenvalue weighted by atomic mass is 9.75. The zero-order chi connectivity index (χ0) is 42.5. The second-order valence-electron chi connectivity index (χ2n) is 24.9. The van der Waals surface area contributed by atoms with Gasteiger partial charge in [-0.3, -0.25) is 4.90 Å². The molecule has 4 aliphatic rings. The predicted molar refractivity (Wildman–Crippen MR) is 252 cm³/mol. The van der Waals surface area contributed by atoms with Crippen LogP contribution < -0.4 is 16.0 Å². The first kappa shape index (κ1) is 53.8. The molecule has 0 amide bonds. The van der Waals surface area contributed by atoms with E-state index in [9.17, 15) is 0 Å². The maximum absolute atomic E-state index is 3.86. The molecule has 0 bridgehead atoms. The summed E-state index contributed by atoms with van der Waals surface area (Å²) in [6, 6.07) is 1.42. The third-order valence-electron chi connectivity index (χ3n) is 13.6. The lowest BCUT2D eigenvalue weighted by Gasteiger charge is -2.53. The van der Waals surface area contributed by atoms with Gasteiger partial charge in [-0.15, -0.1) is 0 Å². The number of likely N-dealkylation sites (tertiary alicyclic amines) is 1. The van der Waals surface area contributed by atoms with Gasteiger partial charge >= 0.3 is 0 Å². The molecule has 0 radical (unpaired) electrons. The van der Waals surface area contributed by atoms with E-state index in [1.807, 2.05) is 0 Å². The topological polar surface area (TPSA) is 45.8 Å². The minimum absolute atomic E-state index is 0. The Balaban J connectivity index is 0.000000530. The summed E-state index contributed by atoms with van der Waals surface area (Å²) in [4.78, 5) is 7.99. The average molecular weight is 791 g/mol. The molecule has 4 rings (SSSR count). The average Bonchev–Trinajstić information content (AvgIpc) is 2.92. The summed E-state index contributed by atoms with van der Waals surface area (Å²) in [5.41, 5.74) is 2.37. The summed E-state index contributed by atoms with van der Waals surface area (Å²) in [5.74, 6) is 1.73. The molecule has 0 unspecified atom stereocenters. The number of hydrogen-bond donors (Lipinski definition) is 3. The highest BCUT2D eigenvalue weighted by Gasteiger charge is 2.42. The third-order valence-corrected chi connectivity index (χ3v) is 13.6. The number of piperidine rings is 4. The minimum Gasteiger partial charge on any atom is -0.307 e. The van der Waals surface area contributed by atoms with Gasteiger partial charge in [-0.2, -0.15) is 0 Å². The van der Waals surface area contributed by atoms with Crippen LogP contribution in [0.3, 0.4) is 0 Å². The normalized spacial score (nSPS) is 27.1. The Labute approximate surface area is 354 Å². The monoisotopic (exact) mass is 791 g/mol. The van der Waals surface area contributed by atoms with Crippen LogP contribution in [0.25, 0.3) is 0 Å². The number of unbranched alkanes of at least 4 members (excludes halogenated alkanes) is 3. The van der Waals surface area contributed by atoms with E-state index < -0.39 is 0 Å².